The minimum absolute atomic E-state index is 0.255. The van der Waals surface area contributed by atoms with Crippen LogP contribution in [0, 0.1) is 0 Å². The summed E-state index contributed by atoms with van der Waals surface area (Å²) in [5.74, 6) is -0.255. The second-order valence-corrected chi connectivity index (χ2v) is 3.54. The summed E-state index contributed by atoms with van der Waals surface area (Å²) in [6.45, 7) is 0. The maximum atomic E-state index is 11.8. The molecule has 1 aromatic heterocycles. The Morgan fingerprint density at radius 3 is 2.71 bits per heavy atom. The van der Waals surface area contributed by atoms with Gasteiger partial charge >= 0.3 is 0 Å². The van der Waals surface area contributed by atoms with Gasteiger partial charge < -0.3 is 16.8 Å². The molecule has 1 amide bonds. The molecule has 0 saturated carbocycles. The predicted molar refractivity (Wildman–Crippen MR) is 67.5 cm³/mol. The predicted octanol–water partition coefficient (Wildman–Crippen LogP) is 1.50. The Morgan fingerprint density at radius 1 is 1.24 bits per heavy atom. The average molecular weight is 228 g/mol. The number of rotatable bonds is 2. The molecule has 0 radical (unpaired) electrons. The van der Waals surface area contributed by atoms with E-state index in [-0.39, 0.29) is 5.91 Å². The van der Waals surface area contributed by atoms with Crippen LogP contribution in [0.1, 0.15) is 10.4 Å². The number of pyridine rings is 1. The Bertz CT molecular complexity index is 539. The van der Waals surface area contributed by atoms with Crippen molar-refractivity contribution in [3.63, 3.8) is 0 Å². The third-order valence-corrected chi connectivity index (χ3v) is 2.25. The van der Waals surface area contributed by atoms with Gasteiger partial charge in [0.2, 0.25) is 0 Å². The van der Waals surface area contributed by atoms with Crippen LogP contribution in [0.15, 0.2) is 42.7 Å². The summed E-state index contributed by atoms with van der Waals surface area (Å²) >= 11 is 0. The highest BCUT2D eigenvalue weighted by Gasteiger charge is 2.07. The van der Waals surface area contributed by atoms with Crippen LogP contribution >= 0.6 is 0 Å². The molecule has 0 atom stereocenters. The Kier molecular flexibility index (Phi) is 2.91. The van der Waals surface area contributed by atoms with E-state index in [1.54, 1.807) is 36.5 Å². The number of aromatic nitrogens is 1. The first-order valence-corrected chi connectivity index (χ1v) is 5.03. The molecular formula is C12H12N4O. The van der Waals surface area contributed by atoms with E-state index in [1.807, 2.05) is 0 Å². The molecule has 0 spiro atoms. The lowest BCUT2D eigenvalue weighted by molar-refractivity contribution is 0.102. The summed E-state index contributed by atoms with van der Waals surface area (Å²) in [7, 11) is 0. The molecule has 0 fully saturated rings. The number of carbonyl (C=O) groups is 1. The third-order valence-electron chi connectivity index (χ3n) is 2.25. The van der Waals surface area contributed by atoms with Crippen molar-refractivity contribution in [3.05, 3.63) is 48.3 Å². The maximum absolute atomic E-state index is 11.8. The van der Waals surface area contributed by atoms with Crippen LogP contribution in [0.5, 0.6) is 0 Å². The zero-order chi connectivity index (χ0) is 12.3. The second-order valence-electron chi connectivity index (χ2n) is 3.54. The first-order chi connectivity index (χ1) is 8.16. The number of nitrogens with two attached hydrogens (primary N) is 2. The molecule has 0 unspecified atom stereocenters. The number of nitrogen functional groups attached to an aromatic ring is 2. The molecule has 0 aliphatic carbocycles. The fourth-order valence-corrected chi connectivity index (χ4v) is 1.39. The SMILES string of the molecule is Nc1ccc(NC(=O)c2cccnc2)c(N)c1. The molecule has 86 valence electrons. The molecule has 1 aromatic carbocycles. The molecule has 0 aliphatic heterocycles. The molecule has 0 saturated heterocycles. The molecule has 2 aromatic rings. The van der Waals surface area contributed by atoms with E-state index in [9.17, 15) is 4.79 Å². The summed E-state index contributed by atoms with van der Waals surface area (Å²) in [4.78, 5) is 15.7. The van der Waals surface area contributed by atoms with E-state index in [1.165, 1.54) is 6.20 Å². The van der Waals surface area contributed by atoms with Crippen molar-refractivity contribution in [1.29, 1.82) is 0 Å². The molecule has 17 heavy (non-hydrogen) atoms. The normalized spacial score (nSPS) is 9.88. The van der Waals surface area contributed by atoms with Crippen molar-refractivity contribution >= 4 is 23.0 Å². The number of benzene rings is 1. The highest BCUT2D eigenvalue weighted by atomic mass is 16.1. The fourth-order valence-electron chi connectivity index (χ4n) is 1.39. The van der Waals surface area contributed by atoms with E-state index >= 15 is 0 Å². The van der Waals surface area contributed by atoms with E-state index in [0.717, 1.165) is 0 Å². The van der Waals surface area contributed by atoms with Crippen molar-refractivity contribution in [1.82, 2.24) is 4.98 Å². The minimum Gasteiger partial charge on any atom is -0.399 e. The molecule has 0 aliphatic rings. The van der Waals surface area contributed by atoms with Gasteiger partial charge in [0, 0.05) is 18.1 Å². The van der Waals surface area contributed by atoms with Crippen molar-refractivity contribution in [2.24, 2.45) is 0 Å². The van der Waals surface area contributed by atoms with E-state index in [2.05, 4.69) is 10.3 Å². The van der Waals surface area contributed by atoms with Gasteiger partial charge in [-0.2, -0.15) is 0 Å². The van der Waals surface area contributed by atoms with Crippen LogP contribution in [-0.4, -0.2) is 10.9 Å². The number of carbonyl (C=O) groups excluding carboxylic acids is 1. The van der Waals surface area contributed by atoms with Gasteiger partial charge in [-0.25, -0.2) is 0 Å². The van der Waals surface area contributed by atoms with Crippen LogP contribution in [0.25, 0.3) is 0 Å². The Labute approximate surface area is 98.5 Å². The molecule has 0 bridgehead atoms. The monoisotopic (exact) mass is 228 g/mol. The maximum Gasteiger partial charge on any atom is 0.257 e. The molecule has 5 N–H and O–H groups in total. The molecule has 5 heteroatoms. The van der Waals surface area contributed by atoms with Crippen LogP contribution in [-0.2, 0) is 0 Å². The summed E-state index contributed by atoms with van der Waals surface area (Å²) in [6, 6.07) is 8.31. The quantitative estimate of drug-likeness (QED) is 0.679. The molecule has 2 rings (SSSR count). The topological polar surface area (TPSA) is 94.0 Å². The van der Waals surface area contributed by atoms with E-state index in [0.29, 0.717) is 22.6 Å². The summed E-state index contributed by atoms with van der Waals surface area (Å²) in [6.07, 6.45) is 3.09. The van der Waals surface area contributed by atoms with Crippen molar-refractivity contribution in [2.75, 3.05) is 16.8 Å². The van der Waals surface area contributed by atoms with E-state index < -0.39 is 0 Å². The van der Waals surface area contributed by atoms with Crippen molar-refractivity contribution in [2.45, 2.75) is 0 Å². The highest BCUT2D eigenvalue weighted by Crippen LogP contribution is 2.21. The zero-order valence-electron chi connectivity index (χ0n) is 9.05. The minimum atomic E-state index is -0.255. The Balaban J connectivity index is 2.19. The van der Waals surface area contributed by atoms with Gasteiger partial charge in [-0.15, -0.1) is 0 Å². The van der Waals surface area contributed by atoms with Crippen LogP contribution in [0.3, 0.4) is 0 Å². The van der Waals surface area contributed by atoms with E-state index in [4.69, 9.17) is 11.5 Å². The first kappa shape index (κ1) is 10.9. The molecule has 5 nitrogen and oxygen atoms in total. The largest absolute Gasteiger partial charge is 0.399 e. The van der Waals surface area contributed by atoms with Gasteiger partial charge in [-0.05, 0) is 30.3 Å². The van der Waals surface area contributed by atoms with Gasteiger partial charge in [0.05, 0.1) is 16.9 Å². The Hall–Kier alpha value is -2.56. The number of anilines is 3. The number of hydrogen-bond donors (Lipinski definition) is 3. The first-order valence-electron chi connectivity index (χ1n) is 5.03. The van der Waals surface area contributed by atoms with Gasteiger partial charge in [-0.3, -0.25) is 9.78 Å². The van der Waals surface area contributed by atoms with Gasteiger partial charge in [0.25, 0.3) is 5.91 Å². The molecule has 1 heterocycles. The molecular weight excluding hydrogens is 216 g/mol. The lowest BCUT2D eigenvalue weighted by atomic mass is 10.2. The second kappa shape index (κ2) is 4.52. The van der Waals surface area contributed by atoms with Crippen molar-refractivity contribution in [3.8, 4) is 0 Å². The number of hydrogen-bond acceptors (Lipinski definition) is 4. The summed E-state index contributed by atoms with van der Waals surface area (Å²) in [5.41, 5.74) is 13.3. The lowest BCUT2D eigenvalue weighted by Gasteiger charge is -2.08. The number of nitrogens with zero attached hydrogens (tertiary/aromatic N) is 1. The standard InChI is InChI=1S/C12H12N4O/c13-9-3-4-11(10(14)6-9)16-12(17)8-2-1-5-15-7-8/h1-7H,13-14H2,(H,16,17). The van der Waals surface area contributed by atoms with Crippen LogP contribution in [0.4, 0.5) is 17.1 Å². The number of nitrogens with one attached hydrogen (secondary N) is 1. The number of amides is 1. The smallest absolute Gasteiger partial charge is 0.257 e. The fraction of sp³-hybridized carbons (Fsp3) is 0. The summed E-state index contributed by atoms with van der Waals surface area (Å²) < 4.78 is 0. The Morgan fingerprint density at radius 2 is 2.06 bits per heavy atom. The third kappa shape index (κ3) is 2.52. The van der Waals surface area contributed by atoms with Gasteiger partial charge in [-0.1, -0.05) is 0 Å². The average Bonchev–Trinajstić information content (AvgIpc) is 2.34. The van der Waals surface area contributed by atoms with Crippen LogP contribution in [0.2, 0.25) is 0 Å². The van der Waals surface area contributed by atoms with Crippen LogP contribution < -0.4 is 16.8 Å². The summed E-state index contributed by atoms with van der Waals surface area (Å²) in [5, 5.41) is 2.69. The van der Waals surface area contributed by atoms with Crippen molar-refractivity contribution < 1.29 is 4.79 Å². The van der Waals surface area contributed by atoms with Gasteiger partial charge in [0.1, 0.15) is 0 Å². The van der Waals surface area contributed by atoms with Gasteiger partial charge in [0.15, 0.2) is 0 Å². The zero-order valence-corrected chi connectivity index (χ0v) is 9.05. The lowest BCUT2D eigenvalue weighted by Crippen LogP contribution is -2.13. The highest BCUT2D eigenvalue weighted by molar-refractivity contribution is 6.05.